The number of aromatic nitrogens is 1. The Morgan fingerprint density at radius 2 is 2.16 bits per heavy atom. The number of pyridine rings is 1. The van der Waals surface area contributed by atoms with E-state index in [1.54, 1.807) is 0 Å². The van der Waals surface area contributed by atoms with Crippen molar-refractivity contribution >= 4 is 10.9 Å². The summed E-state index contributed by atoms with van der Waals surface area (Å²) in [5.74, 6) is 0. The minimum absolute atomic E-state index is 0.985. The fourth-order valence-electron chi connectivity index (χ4n) is 3.07. The highest BCUT2D eigenvalue weighted by atomic mass is 14.8. The zero-order valence-electron chi connectivity index (χ0n) is 11.9. The molecule has 0 aliphatic heterocycles. The Morgan fingerprint density at radius 3 is 3.00 bits per heavy atom. The maximum absolute atomic E-state index is 4.86. The van der Waals surface area contributed by atoms with Gasteiger partial charge in [0.1, 0.15) is 0 Å². The molecular formula is C17H22N2. The lowest BCUT2D eigenvalue weighted by atomic mass is 10.00. The number of benzene rings is 1. The van der Waals surface area contributed by atoms with Crippen molar-refractivity contribution in [2.75, 3.05) is 6.54 Å². The monoisotopic (exact) mass is 254 g/mol. The fourth-order valence-corrected chi connectivity index (χ4v) is 3.07. The van der Waals surface area contributed by atoms with Crippen molar-refractivity contribution in [3.63, 3.8) is 0 Å². The van der Waals surface area contributed by atoms with E-state index in [2.05, 4.69) is 37.4 Å². The molecule has 1 aliphatic carbocycles. The highest BCUT2D eigenvalue weighted by Crippen LogP contribution is 2.30. The fraction of sp³-hybridized carbons (Fsp3) is 0.471. The Hall–Kier alpha value is -1.41. The molecular weight excluding hydrogens is 232 g/mol. The largest absolute Gasteiger partial charge is 0.313 e. The average molecular weight is 254 g/mol. The SMILES string of the molecule is CCCNCc1c2c(nc3ccc(C)cc13)CCC2. The van der Waals surface area contributed by atoms with Gasteiger partial charge in [-0.05, 0) is 62.4 Å². The molecule has 1 heterocycles. The summed E-state index contributed by atoms with van der Waals surface area (Å²) in [6, 6.07) is 6.64. The van der Waals surface area contributed by atoms with Crippen LogP contribution < -0.4 is 5.32 Å². The number of fused-ring (bicyclic) bond motifs is 2. The minimum atomic E-state index is 0.985. The maximum atomic E-state index is 4.86. The maximum Gasteiger partial charge on any atom is 0.0708 e. The van der Waals surface area contributed by atoms with Gasteiger partial charge in [0.25, 0.3) is 0 Å². The molecule has 2 heteroatoms. The second kappa shape index (κ2) is 5.30. The van der Waals surface area contributed by atoms with E-state index < -0.39 is 0 Å². The van der Waals surface area contributed by atoms with Crippen molar-refractivity contribution in [1.82, 2.24) is 10.3 Å². The number of aryl methyl sites for hydroxylation is 2. The Morgan fingerprint density at radius 1 is 1.26 bits per heavy atom. The first-order valence-corrected chi connectivity index (χ1v) is 7.41. The second-order valence-corrected chi connectivity index (χ2v) is 5.57. The third-order valence-electron chi connectivity index (χ3n) is 4.01. The van der Waals surface area contributed by atoms with Crippen molar-refractivity contribution in [3.05, 3.63) is 40.6 Å². The Balaban J connectivity index is 2.11. The smallest absolute Gasteiger partial charge is 0.0708 e. The lowest BCUT2D eigenvalue weighted by Crippen LogP contribution is -2.16. The molecule has 0 bridgehead atoms. The molecule has 3 rings (SSSR count). The van der Waals surface area contributed by atoms with Crippen LogP contribution in [0.25, 0.3) is 10.9 Å². The van der Waals surface area contributed by atoms with Crippen molar-refractivity contribution < 1.29 is 0 Å². The molecule has 2 nitrogen and oxygen atoms in total. The summed E-state index contributed by atoms with van der Waals surface area (Å²) in [5, 5.41) is 4.92. The molecule has 1 aliphatic rings. The van der Waals surface area contributed by atoms with Crippen LogP contribution in [0.1, 0.15) is 42.1 Å². The van der Waals surface area contributed by atoms with Gasteiger partial charge in [-0.25, -0.2) is 0 Å². The topological polar surface area (TPSA) is 24.9 Å². The third-order valence-corrected chi connectivity index (χ3v) is 4.01. The lowest BCUT2D eigenvalue weighted by molar-refractivity contribution is 0.674. The van der Waals surface area contributed by atoms with E-state index in [4.69, 9.17) is 4.98 Å². The molecule has 1 aromatic carbocycles. The van der Waals surface area contributed by atoms with Crippen LogP contribution in [0.2, 0.25) is 0 Å². The van der Waals surface area contributed by atoms with Crippen LogP contribution in [0.3, 0.4) is 0 Å². The second-order valence-electron chi connectivity index (χ2n) is 5.57. The van der Waals surface area contributed by atoms with E-state index in [1.165, 1.54) is 52.5 Å². The molecule has 2 aromatic rings. The molecule has 100 valence electrons. The van der Waals surface area contributed by atoms with E-state index in [0.717, 1.165) is 19.5 Å². The van der Waals surface area contributed by atoms with Gasteiger partial charge in [0.15, 0.2) is 0 Å². The van der Waals surface area contributed by atoms with E-state index in [0.29, 0.717) is 0 Å². The lowest BCUT2D eigenvalue weighted by Gasteiger charge is -2.13. The molecule has 0 fully saturated rings. The molecule has 0 unspecified atom stereocenters. The highest BCUT2D eigenvalue weighted by molar-refractivity contribution is 5.84. The van der Waals surface area contributed by atoms with E-state index in [1.807, 2.05) is 0 Å². The van der Waals surface area contributed by atoms with Gasteiger partial charge in [-0.3, -0.25) is 4.98 Å². The molecule has 0 saturated heterocycles. The van der Waals surface area contributed by atoms with Gasteiger partial charge < -0.3 is 5.32 Å². The molecule has 0 saturated carbocycles. The molecule has 1 N–H and O–H groups in total. The summed E-state index contributed by atoms with van der Waals surface area (Å²) in [4.78, 5) is 4.86. The van der Waals surface area contributed by atoms with Gasteiger partial charge in [-0.1, -0.05) is 18.6 Å². The van der Waals surface area contributed by atoms with E-state index in [9.17, 15) is 0 Å². The predicted molar refractivity (Wildman–Crippen MR) is 80.5 cm³/mol. The number of nitrogens with zero attached hydrogens (tertiary/aromatic N) is 1. The molecule has 1 aromatic heterocycles. The summed E-state index contributed by atoms with van der Waals surface area (Å²) in [7, 11) is 0. The van der Waals surface area contributed by atoms with Gasteiger partial charge in [0.2, 0.25) is 0 Å². The van der Waals surface area contributed by atoms with E-state index in [-0.39, 0.29) is 0 Å². The summed E-state index contributed by atoms with van der Waals surface area (Å²) >= 11 is 0. The van der Waals surface area contributed by atoms with Crippen molar-refractivity contribution in [2.45, 2.75) is 46.1 Å². The Kier molecular flexibility index (Phi) is 3.52. The third kappa shape index (κ3) is 2.37. The van der Waals surface area contributed by atoms with Crippen molar-refractivity contribution in [2.24, 2.45) is 0 Å². The van der Waals surface area contributed by atoms with Crippen LogP contribution in [-0.4, -0.2) is 11.5 Å². The predicted octanol–water partition coefficient (Wildman–Crippen LogP) is 3.53. The number of rotatable bonds is 4. The van der Waals surface area contributed by atoms with Crippen LogP contribution in [0, 0.1) is 6.92 Å². The summed E-state index contributed by atoms with van der Waals surface area (Å²) in [6.45, 7) is 6.45. The van der Waals surface area contributed by atoms with Crippen LogP contribution in [0.4, 0.5) is 0 Å². The summed E-state index contributed by atoms with van der Waals surface area (Å²) in [6.07, 6.45) is 4.80. The van der Waals surface area contributed by atoms with Crippen LogP contribution >= 0.6 is 0 Å². The molecule has 0 amide bonds. The number of hydrogen-bond acceptors (Lipinski definition) is 2. The molecule has 0 radical (unpaired) electrons. The van der Waals surface area contributed by atoms with Gasteiger partial charge in [0, 0.05) is 17.6 Å². The van der Waals surface area contributed by atoms with Gasteiger partial charge in [-0.2, -0.15) is 0 Å². The summed E-state index contributed by atoms with van der Waals surface area (Å²) < 4.78 is 0. The number of nitrogens with one attached hydrogen (secondary N) is 1. The van der Waals surface area contributed by atoms with Crippen LogP contribution in [0.15, 0.2) is 18.2 Å². The van der Waals surface area contributed by atoms with Crippen LogP contribution in [-0.2, 0) is 19.4 Å². The summed E-state index contributed by atoms with van der Waals surface area (Å²) in [5.41, 5.74) is 6.84. The van der Waals surface area contributed by atoms with Gasteiger partial charge in [0.05, 0.1) is 5.52 Å². The average Bonchev–Trinajstić information content (AvgIpc) is 2.86. The first-order valence-electron chi connectivity index (χ1n) is 7.41. The van der Waals surface area contributed by atoms with E-state index >= 15 is 0 Å². The zero-order valence-corrected chi connectivity index (χ0v) is 11.9. The van der Waals surface area contributed by atoms with Crippen molar-refractivity contribution in [3.8, 4) is 0 Å². The molecule has 0 spiro atoms. The molecule has 19 heavy (non-hydrogen) atoms. The zero-order chi connectivity index (χ0) is 13.2. The first kappa shape index (κ1) is 12.6. The standard InChI is InChI=1S/C17H22N2/c1-3-9-18-11-15-13-5-4-6-16(13)19-17-8-7-12(2)10-14(15)17/h7-8,10,18H,3-6,9,11H2,1-2H3. The first-order chi connectivity index (χ1) is 9.29. The Bertz CT molecular complexity index is 602. The van der Waals surface area contributed by atoms with Gasteiger partial charge >= 0.3 is 0 Å². The van der Waals surface area contributed by atoms with Crippen LogP contribution in [0.5, 0.6) is 0 Å². The minimum Gasteiger partial charge on any atom is -0.313 e. The van der Waals surface area contributed by atoms with Gasteiger partial charge in [-0.15, -0.1) is 0 Å². The molecule has 0 atom stereocenters. The quantitative estimate of drug-likeness (QED) is 0.844. The highest BCUT2D eigenvalue weighted by Gasteiger charge is 2.19. The normalized spacial score (nSPS) is 14.0. The number of hydrogen-bond donors (Lipinski definition) is 1. The Labute approximate surface area is 115 Å². The van der Waals surface area contributed by atoms with Crippen molar-refractivity contribution in [1.29, 1.82) is 0 Å².